The lowest BCUT2D eigenvalue weighted by Gasteiger charge is -2.29. The standard InChI is InChI=1S/C13H19NO2/c1-9(8-15)10-5-6-12-11(13(10)16)4-3-7-14(12)2/h5-6,9,15-16H,3-4,7-8H2,1-2H3. The van der Waals surface area contributed by atoms with Crippen LogP contribution >= 0.6 is 0 Å². The van der Waals surface area contributed by atoms with Gasteiger partial charge in [0, 0.05) is 37.4 Å². The molecule has 1 atom stereocenters. The quantitative estimate of drug-likeness (QED) is 0.801. The Morgan fingerprint density at radius 2 is 2.19 bits per heavy atom. The van der Waals surface area contributed by atoms with Crippen molar-refractivity contribution in [2.24, 2.45) is 0 Å². The first kappa shape index (κ1) is 11.3. The summed E-state index contributed by atoms with van der Waals surface area (Å²) in [6.45, 7) is 3.04. The van der Waals surface area contributed by atoms with Crippen molar-refractivity contribution in [1.29, 1.82) is 0 Å². The van der Waals surface area contributed by atoms with Crippen LogP contribution in [0.2, 0.25) is 0 Å². The third kappa shape index (κ3) is 1.76. The van der Waals surface area contributed by atoms with Gasteiger partial charge in [-0.05, 0) is 24.5 Å². The van der Waals surface area contributed by atoms with Gasteiger partial charge in [-0.3, -0.25) is 0 Å². The van der Waals surface area contributed by atoms with Gasteiger partial charge in [0.1, 0.15) is 5.75 Å². The van der Waals surface area contributed by atoms with E-state index in [2.05, 4.69) is 11.0 Å². The van der Waals surface area contributed by atoms with Crippen molar-refractivity contribution < 1.29 is 10.2 Å². The highest BCUT2D eigenvalue weighted by Gasteiger charge is 2.20. The predicted octanol–water partition coefficient (Wildman–Crippen LogP) is 1.87. The van der Waals surface area contributed by atoms with E-state index >= 15 is 0 Å². The lowest BCUT2D eigenvalue weighted by molar-refractivity contribution is 0.270. The molecular weight excluding hydrogens is 202 g/mol. The minimum Gasteiger partial charge on any atom is -0.507 e. The molecule has 1 aromatic carbocycles. The fourth-order valence-corrected chi connectivity index (χ4v) is 2.36. The van der Waals surface area contributed by atoms with Gasteiger partial charge in [0.2, 0.25) is 0 Å². The summed E-state index contributed by atoms with van der Waals surface area (Å²) in [5.41, 5.74) is 3.01. The normalized spacial score (nSPS) is 17.1. The van der Waals surface area contributed by atoms with E-state index in [4.69, 9.17) is 5.11 Å². The van der Waals surface area contributed by atoms with Crippen LogP contribution < -0.4 is 4.90 Å². The summed E-state index contributed by atoms with van der Waals surface area (Å²) in [4.78, 5) is 2.17. The zero-order valence-electron chi connectivity index (χ0n) is 9.90. The maximum absolute atomic E-state index is 10.2. The molecule has 1 aliphatic heterocycles. The fourth-order valence-electron chi connectivity index (χ4n) is 2.36. The molecule has 0 amide bonds. The smallest absolute Gasteiger partial charge is 0.124 e. The molecule has 3 nitrogen and oxygen atoms in total. The van der Waals surface area contributed by atoms with Crippen LogP contribution in [0.5, 0.6) is 5.75 Å². The number of hydrogen-bond donors (Lipinski definition) is 2. The van der Waals surface area contributed by atoms with Gasteiger partial charge >= 0.3 is 0 Å². The molecule has 0 bridgehead atoms. The zero-order valence-corrected chi connectivity index (χ0v) is 9.90. The van der Waals surface area contributed by atoms with Crippen LogP contribution in [0.15, 0.2) is 12.1 Å². The minimum absolute atomic E-state index is 0.00228. The van der Waals surface area contributed by atoms with E-state index in [-0.39, 0.29) is 12.5 Å². The van der Waals surface area contributed by atoms with E-state index in [0.717, 1.165) is 36.2 Å². The Balaban J connectivity index is 2.46. The van der Waals surface area contributed by atoms with Crippen molar-refractivity contribution in [3.8, 4) is 5.75 Å². The number of fused-ring (bicyclic) bond motifs is 1. The predicted molar refractivity (Wildman–Crippen MR) is 65.2 cm³/mol. The largest absolute Gasteiger partial charge is 0.507 e. The number of phenols is 1. The number of phenolic OH excluding ortho intramolecular Hbond substituents is 1. The Morgan fingerprint density at radius 1 is 1.44 bits per heavy atom. The summed E-state index contributed by atoms with van der Waals surface area (Å²) in [7, 11) is 2.05. The summed E-state index contributed by atoms with van der Waals surface area (Å²) in [6, 6.07) is 3.98. The molecular formula is C13H19NO2. The second kappa shape index (κ2) is 4.34. The molecule has 0 fully saturated rings. The molecule has 1 heterocycles. The molecule has 0 aromatic heterocycles. The maximum atomic E-state index is 10.2. The van der Waals surface area contributed by atoms with Gasteiger partial charge < -0.3 is 15.1 Å². The van der Waals surface area contributed by atoms with Crippen LogP contribution in [0.4, 0.5) is 5.69 Å². The molecule has 1 aliphatic rings. The lowest BCUT2D eigenvalue weighted by atomic mass is 9.93. The van der Waals surface area contributed by atoms with Crippen LogP contribution in [0, 0.1) is 0 Å². The highest BCUT2D eigenvalue weighted by atomic mass is 16.3. The van der Waals surface area contributed by atoms with Crippen LogP contribution in [0.1, 0.15) is 30.4 Å². The van der Waals surface area contributed by atoms with Crippen molar-refractivity contribution >= 4 is 5.69 Å². The molecule has 1 aromatic rings. The van der Waals surface area contributed by atoms with Crippen LogP contribution in [-0.4, -0.2) is 30.4 Å². The number of aliphatic hydroxyl groups is 1. The first-order valence-corrected chi connectivity index (χ1v) is 5.82. The van der Waals surface area contributed by atoms with E-state index < -0.39 is 0 Å². The molecule has 1 unspecified atom stereocenters. The van der Waals surface area contributed by atoms with Crippen LogP contribution in [0.3, 0.4) is 0 Å². The highest BCUT2D eigenvalue weighted by Crippen LogP contribution is 2.38. The topological polar surface area (TPSA) is 43.7 Å². The number of rotatable bonds is 2. The molecule has 3 heteroatoms. The molecule has 0 saturated carbocycles. The Kier molecular flexibility index (Phi) is 3.06. The Morgan fingerprint density at radius 3 is 2.88 bits per heavy atom. The summed E-state index contributed by atoms with van der Waals surface area (Å²) in [6.07, 6.45) is 2.01. The van der Waals surface area contributed by atoms with Crippen molar-refractivity contribution in [1.82, 2.24) is 0 Å². The minimum atomic E-state index is -0.00228. The van der Waals surface area contributed by atoms with Gasteiger partial charge in [-0.2, -0.15) is 0 Å². The molecule has 2 N–H and O–H groups in total. The molecule has 0 spiro atoms. The first-order chi connectivity index (χ1) is 7.65. The third-order valence-electron chi connectivity index (χ3n) is 3.43. The summed E-state index contributed by atoms with van der Waals surface area (Å²) < 4.78 is 0. The SMILES string of the molecule is CC(CO)c1ccc2c(c1O)CCCN2C. The lowest BCUT2D eigenvalue weighted by Crippen LogP contribution is -2.24. The van der Waals surface area contributed by atoms with Gasteiger partial charge in [-0.15, -0.1) is 0 Å². The Bertz CT molecular complexity index is 390. The van der Waals surface area contributed by atoms with E-state index in [1.165, 1.54) is 0 Å². The first-order valence-electron chi connectivity index (χ1n) is 5.82. The van der Waals surface area contributed by atoms with Crippen molar-refractivity contribution in [3.05, 3.63) is 23.3 Å². The number of aromatic hydroxyl groups is 1. The molecule has 88 valence electrons. The second-order valence-corrected chi connectivity index (χ2v) is 4.61. The fraction of sp³-hybridized carbons (Fsp3) is 0.538. The second-order valence-electron chi connectivity index (χ2n) is 4.61. The number of anilines is 1. The summed E-state index contributed by atoms with van der Waals surface area (Å²) in [5.74, 6) is 0.378. The zero-order chi connectivity index (χ0) is 11.7. The summed E-state index contributed by atoms with van der Waals surface area (Å²) >= 11 is 0. The van der Waals surface area contributed by atoms with E-state index in [1.807, 2.05) is 20.0 Å². The summed E-state index contributed by atoms with van der Waals surface area (Å²) in [5, 5.41) is 19.4. The average Bonchev–Trinajstić information content (AvgIpc) is 2.30. The van der Waals surface area contributed by atoms with E-state index in [1.54, 1.807) is 0 Å². The van der Waals surface area contributed by atoms with Crippen LogP contribution in [0.25, 0.3) is 0 Å². The van der Waals surface area contributed by atoms with Gasteiger partial charge in [0.05, 0.1) is 0 Å². The highest BCUT2D eigenvalue weighted by molar-refractivity contribution is 5.63. The molecule has 0 aliphatic carbocycles. The monoisotopic (exact) mass is 221 g/mol. The maximum Gasteiger partial charge on any atom is 0.124 e. The molecule has 16 heavy (non-hydrogen) atoms. The number of benzene rings is 1. The van der Waals surface area contributed by atoms with Gasteiger partial charge in [0.15, 0.2) is 0 Å². The van der Waals surface area contributed by atoms with Gasteiger partial charge in [-0.1, -0.05) is 13.0 Å². The Labute approximate surface area is 96.3 Å². The van der Waals surface area contributed by atoms with Gasteiger partial charge in [0.25, 0.3) is 0 Å². The molecule has 0 radical (unpaired) electrons. The average molecular weight is 221 g/mol. The van der Waals surface area contributed by atoms with Crippen molar-refractivity contribution in [2.75, 3.05) is 25.1 Å². The number of aliphatic hydroxyl groups excluding tert-OH is 1. The Hall–Kier alpha value is -1.22. The van der Waals surface area contributed by atoms with Crippen LogP contribution in [-0.2, 0) is 6.42 Å². The number of hydrogen-bond acceptors (Lipinski definition) is 3. The third-order valence-corrected chi connectivity index (χ3v) is 3.43. The van der Waals surface area contributed by atoms with Gasteiger partial charge in [-0.25, -0.2) is 0 Å². The molecule has 2 rings (SSSR count). The van der Waals surface area contributed by atoms with E-state index in [0.29, 0.717) is 5.75 Å². The van der Waals surface area contributed by atoms with Crippen molar-refractivity contribution in [2.45, 2.75) is 25.7 Å². The number of nitrogens with zero attached hydrogens (tertiary/aromatic N) is 1. The van der Waals surface area contributed by atoms with E-state index in [9.17, 15) is 5.11 Å². The molecule has 0 saturated heterocycles. The van der Waals surface area contributed by atoms with Crippen molar-refractivity contribution in [3.63, 3.8) is 0 Å².